The molecule has 0 aliphatic heterocycles. The lowest BCUT2D eigenvalue weighted by Crippen LogP contribution is -1.93. The Bertz CT molecular complexity index is 461. The van der Waals surface area contributed by atoms with Gasteiger partial charge in [-0.25, -0.2) is 4.79 Å². The smallest absolute Gasteiger partial charge is 0.381 e. The van der Waals surface area contributed by atoms with Crippen LogP contribution in [-0.2, 0) is 9.59 Å². The Labute approximate surface area is 185 Å². The van der Waals surface area contributed by atoms with Gasteiger partial charge in [-0.15, -0.1) is 0 Å². The van der Waals surface area contributed by atoms with Crippen LogP contribution in [0.25, 0.3) is 0 Å². The van der Waals surface area contributed by atoms with Crippen molar-refractivity contribution in [2.24, 2.45) is 0 Å². The quantitative estimate of drug-likeness (QED) is 0.138. The molecular weight excluding hydrogens is 376 g/mol. The summed E-state index contributed by atoms with van der Waals surface area (Å²) in [6, 6.07) is 0. The summed E-state index contributed by atoms with van der Waals surface area (Å²) in [6.07, 6.45) is 26.5. The first-order valence-electron chi connectivity index (χ1n) is 12.6. The molecule has 0 aliphatic rings. The number of hydrogen-bond donors (Lipinski definition) is 2. The van der Waals surface area contributed by atoms with Crippen LogP contribution in [0.1, 0.15) is 141 Å². The Hall–Kier alpha value is -1.50. The third-order valence-electron chi connectivity index (χ3n) is 5.64. The minimum atomic E-state index is -1.02. The molecule has 0 fully saturated rings. The standard InChI is InChI=1S/C26H46O4/c27-25(28)23-21-19-17-15-13-11-9-7-5-3-1-2-4-6-8-10-12-14-16-18-20-22-24-26(29)30/h1-21,23H2,(H,27,28)(H,29,30). The second kappa shape index (κ2) is 23.8. The molecule has 0 saturated heterocycles. The first-order chi connectivity index (χ1) is 14.6. The lowest BCUT2D eigenvalue weighted by molar-refractivity contribution is -0.137. The van der Waals surface area contributed by atoms with E-state index in [9.17, 15) is 9.59 Å². The van der Waals surface area contributed by atoms with E-state index in [-0.39, 0.29) is 0 Å². The highest BCUT2D eigenvalue weighted by molar-refractivity contribution is 5.86. The summed E-state index contributed by atoms with van der Waals surface area (Å²) >= 11 is 0. The lowest BCUT2D eigenvalue weighted by atomic mass is 10.0. The Morgan fingerprint density at radius 1 is 0.467 bits per heavy atom. The molecule has 0 bridgehead atoms. The van der Waals surface area contributed by atoms with Crippen LogP contribution in [0.3, 0.4) is 0 Å². The number of aliphatic carboxylic acids is 2. The molecule has 2 N–H and O–H groups in total. The molecule has 0 aromatic carbocycles. The number of unbranched alkanes of at least 4 members (excludes halogenated alkanes) is 20. The van der Waals surface area contributed by atoms with Gasteiger partial charge in [0.05, 0.1) is 0 Å². The van der Waals surface area contributed by atoms with Crippen LogP contribution in [0.5, 0.6) is 0 Å². The molecule has 0 spiro atoms. The minimum absolute atomic E-state index is 0.329. The molecule has 4 heteroatoms. The summed E-state index contributed by atoms with van der Waals surface area (Å²) < 4.78 is 0. The van der Waals surface area contributed by atoms with Gasteiger partial charge in [0.2, 0.25) is 0 Å². The van der Waals surface area contributed by atoms with Crippen LogP contribution in [-0.4, -0.2) is 22.2 Å². The summed E-state index contributed by atoms with van der Waals surface area (Å²) in [5, 5.41) is 17.0. The number of carboxylic acids is 2. The molecule has 0 heterocycles. The first-order valence-corrected chi connectivity index (χ1v) is 12.6. The maximum atomic E-state index is 10.4. The van der Waals surface area contributed by atoms with Gasteiger partial charge >= 0.3 is 11.9 Å². The zero-order valence-electron chi connectivity index (χ0n) is 19.3. The third-order valence-corrected chi connectivity index (χ3v) is 5.64. The maximum Gasteiger partial charge on any atom is 0.381 e. The summed E-state index contributed by atoms with van der Waals surface area (Å²) in [7, 11) is 0. The molecule has 0 aliphatic carbocycles. The molecule has 0 saturated carbocycles. The van der Waals surface area contributed by atoms with Crippen molar-refractivity contribution in [2.75, 3.05) is 0 Å². The van der Waals surface area contributed by atoms with Crippen molar-refractivity contribution < 1.29 is 19.8 Å². The maximum absolute atomic E-state index is 10.4. The molecule has 174 valence electrons. The van der Waals surface area contributed by atoms with Crippen LogP contribution in [0.4, 0.5) is 0 Å². The highest BCUT2D eigenvalue weighted by Gasteiger charge is 1.97. The van der Waals surface area contributed by atoms with Crippen molar-refractivity contribution in [1.82, 2.24) is 0 Å². The average Bonchev–Trinajstić information content (AvgIpc) is 2.70. The van der Waals surface area contributed by atoms with E-state index in [2.05, 4.69) is 11.8 Å². The van der Waals surface area contributed by atoms with E-state index < -0.39 is 11.9 Å². The van der Waals surface area contributed by atoms with Crippen LogP contribution < -0.4 is 0 Å². The van der Waals surface area contributed by atoms with Gasteiger partial charge in [-0.1, -0.05) is 121 Å². The Balaban J connectivity index is 3.06. The molecule has 0 radical (unpaired) electrons. The second-order valence-electron chi connectivity index (χ2n) is 8.57. The van der Waals surface area contributed by atoms with Crippen LogP contribution in [0.15, 0.2) is 0 Å². The summed E-state index contributed by atoms with van der Waals surface area (Å²) in [6.45, 7) is 0. The van der Waals surface area contributed by atoms with Gasteiger partial charge in [-0.2, -0.15) is 0 Å². The van der Waals surface area contributed by atoms with Crippen molar-refractivity contribution in [3.8, 4) is 11.8 Å². The molecule has 0 rings (SSSR count). The Kier molecular flexibility index (Phi) is 22.6. The molecular formula is C26H46O4. The third kappa shape index (κ3) is 26.5. The molecule has 0 atom stereocenters. The largest absolute Gasteiger partial charge is 0.481 e. The summed E-state index contributed by atoms with van der Waals surface area (Å²) in [5.74, 6) is 3.16. The van der Waals surface area contributed by atoms with Gasteiger partial charge < -0.3 is 10.2 Å². The molecule has 0 aromatic rings. The monoisotopic (exact) mass is 422 g/mol. The fourth-order valence-electron chi connectivity index (χ4n) is 3.81. The van der Waals surface area contributed by atoms with Crippen molar-refractivity contribution in [2.45, 2.75) is 141 Å². The van der Waals surface area contributed by atoms with Crippen LogP contribution in [0.2, 0.25) is 0 Å². The van der Waals surface area contributed by atoms with Gasteiger partial charge in [0, 0.05) is 18.8 Å². The normalized spacial score (nSPS) is 10.5. The number of carboxylic acid groups (broad SMARTS) is 2. The van der Waals surface area contributed by atoms with E-state index in [4.69, 9.17) is 10.2 Å². The highest BCUT2D eigenvalue weighted by Crippen LogP contribution is 2.15. The van der Waals surface area contributed by atoms with E-state index in [0.29, 0.717) is 12.8 Å². The topological polar surface area (TPSA) is 74.6 Å². The van der Waals surface area contributed by atoms with Gasteiger partial charge in [0.1, 0.15) is 0 Å². The Morgan fingerprint density at radius 3 is 1.07 bits per heavy atom. The van der Waals surface area contributed by atoms with Crippen LogP contribution in [0, 0.1) is 11.8 Å². The fourth-order valence-corrected chi connectivity index (χ4v) is 3.81. The first kappa shape index (κ1) is 28.5. The molecule has 0 amide bonds. The molecule has 4 nitrogen and oxygen atoms in total. The van der Waals surface area contributed by atoms with E-state index in [1.165, 1.54) is 109 Å². The predicted molar refractivity (Wildman–Crippen MR) is 125 cm³/mol. The zero-order chi connectivity index (χ0) is 22.1. The van der Waals surface area contributed by atoms with Gasteiger partial charge in [0.25, 0.3) is 0 Å². The van der Waals surface area contributed by atoms with Crippen LogP contribution >= 0.6 is 0 Å². The minimum Gasteiger partial charge on any atom is -0.481 e. The van der Waals surface area contributed by atoms with E-state index in [0.717, 1.165) is 19.3 Å². The lowest BCUT2D eigenvalue weighted by Gasteiger charge is -2.04. The van der Waals surface area contributed by atoms with Gasteiger partial charge in [0.15, 0.2) is 0 Å². The number of rotatable bonds is 22. The molecule has 0 unspecified atom stereocenters. The van der Waals surface area contributed by atoms with Crippen molar-refractivity contribution in [1.29, 1.82) is 0 Å². The van der Waals surface area contributed by atoms with Crippen molar-refractivity contribution in [3.05, 3.63) is 0 Å². The van der Waals surface area contributed by atoms with E-state index >= 15 is 0 Å². The summed E-state index contributed by atoms with van der Waals surface area (Å²) in [5.41, 5.74) is 0. The molecule has 0 aromatic heterocycles. The second-order valence-corrected chi connectivity index (χ2v) is 8.57. The average molecular weight is 423 g/mol. The van der Waals surface area contributed by atoms with Crippen molar-refractivity contribution in [3.63, 3.8) is 0 Å². The van der Waals surface area contributed by atoms with E-state index in [1.807, 2.05) is 0 Å². The SMILES string of the molecule is O=C(O)C#CCCCCCCCCCCCCCCCCCCCCCCC(=O)O. The van der Waals surface area contributed by atoms with Gasteiger partial charge in [-0.05, 0) is 12.8 Å². The van der Waals surface area contributed by atoms with Gasteiger partial charge in [-0.3, -0.25) is 4.79 Å². The summed E-state index contributed by atoms with van der Waals surface area (Å²) in [4.78, 5) is 20.7. The Morgan fingerprint density at radius 2 is 0.767 bits per heavy atom. The predicted octanol–water partition coefficient (Wildman–Crippen LogP) is 7.74. The van der Waals surface area contributed by atoms with E-state index in [1.54, 1.807) is 0 Å². The molecule has 30 heavy (non-hydrogen) atoms. The zero-order valence-corrected chi connectivity index (χ0v) is 19.3. The number of hydrogen-bond acceptors (Lipinski definition) is 2. The van der Waals surface area contributed by atoms with Crippen molar-refractivity contribution >= 4 is 11.9 Å². The highest BCUT2D eigenvalue weighted by atomic mass is 16.4. The fraction of sp³-hybridized carbons (Fsp3) is 0.846. The number of carbonyl (C=O) groups is 2.